The van der Waals surface area contributed by atoms with Crippen LogP contribution in [0.5, 0.6) is 0 Å². The first-order valence-electron chi connectivity index (χ1n) is 15.5. The van der Waals surface area contributed by atoms with Gasteiger partial charge in [0.15, 0.2) is 24.8 Å². The van der Waals surface area contributed by atoms with Crippen molar-refractivity contribution in [1.29, 1.82) is 0 Å². The third-order valence-corrected chi connectivity index (χ3v) is 7.50. The first-order valence-corrected chi connectivity index (χ1v) is 15.5. The van der Waals surface area contributed by atoms with E-state index in [1.807, 2.05) is 0 Å². The van der Waals surface area contributed by atoms with Gasteiger partial charge in [-0.1, -0.05) is 79.1 Å². The molecule has 0 N–H and O–H groups in total. The lowest BCUT2D eigenvalue weighted by atomic mass is 10.0. The standard InChI is InChI=1S/C34H58N2/c1-31(2)17-15-19-33-21-27-35(28-22-33)25-13-11-9-7-5-6-8-10-12-14-26-36-29-23-34(24-30-36)20-16-18-32(3)4/h21-24,27-32H,5-20,25-26H2,1-4H3/q+2. The van der Waals surface area contributed by atoms with Gasteiger partial charge < -0.3 is 0 Å². The second-order valence-electron chi connectivity index (χ2n) is 12.0. The molecule has 0 saturated heterocycles. The molecule has 0 aliphatic rings. The van der Waals surface area contributed by atoms with Gasteiger partial charge >= 0.3 is 0 Å². The van der Waals surface area contributed by atoms with Crippen LogP contribution in [0.1, 0.15) is 129 Å². The van der Waals surface area contributed by atoms with Gasteiger partial charge in [-0.2, -0.15) is 0 Å². The van der Waals surface area contributed by atoms with Crippen LogP contribution < -0.4 is 9.13 Å². The Hall–Kier alpha value is -1.70. The summed E-state index contributed by atoms with van der Waals surface area (Å²) in [6.07, 6.45) is 30.7. The molecule has 2 rings (SSSR count). The average Bonchev–Trinajstić information content (AvgIpc) is 2.86. The molecule has 0 aromatic carbocycles. The fourth-order valence-corrected chi connectivity index (χ4v) is 5.04. The van der Waals surface area contributed by atoms with Gasteiger partial charge in [-0.3, -0.25) is 0 Å². The smallest absolute Gasteiger partial charge is 0.169 e. The van der Waals surface area contributed by atoms with E-state index in [0.29, 0.717) is 0 Å². The van der Waals surface area contributed by atoms with E-state index in [9.17, 15) is 0 Å². The zero-order valence-electron chi connectivity index (χ0n) is 24.4. The van der Waals surface area contributed by atoms with Crippen LogP contribution in [0.15, 0.2) is 49.1 Å². The zero-order valence-corrected chi connectivity index (χ0v) is 24.4. The monoisotopic (exact) mass is 494 g/mol. The highest BCUT2D eigenvalue weighted by molar-refractivity contribution is 5.07. The molecule has 2 heterocycles. The Morgan fingerprint density at radius 1 is 0.444 bits per heavy atom. The number of aryl methyl sites for hydroxylation is 4. The summed E-state index contributed by atoms with van der Waals surface area (Å²) in [5.41, 5.74) is 2.99. The molecule has 0 spiro atoms. The third-order valence-electron chi connectivity index (χ3n) is 7.50. The maximum Gasteiger partial charge on any atom is 0.169 e. The summed E-state index contributed by atoms with van der Waals surface area (Å²) in [4.78, 5) is 0. The van der Waals surface area contributed by atoms with Crippen molar-refractivity contribution in [3.8, 4) is 0 Å². The largest absolute Gasteiger partial charge is 0.205 e. The van der Waals surface area contributed by atoms with Crippen molar-refractivity contribution in [1.82, 2.24) is 0 Å². The Kier molecular flexibility index (Phi) is 16.5. The molecular formula is C34H58N2+2. The molecule has 0 unspecified atom stereocenters. The molecule has 0 amide bonds. The van der Waals surface area contributed by atoms with Crippen molar-refractivity contribution in [2.75, 3.05) is 0 Å². The lowest BCUT2D eigenvalue weighted by Crippen LogP contribution is -2.32. The molecular weight excluding hydrogens is 436 g/mol. The van der Waals surface area contributed by atoms with Crippen LogP contribution in [-0.2, 0) is 25.9 Å². The van der Waals surface area contributed by atoms with Gasteiger partial charge in [-0.05, 0) is 61.5 Å². The van der Waals surface area contributed by atoms with E-state index in [-0.39, 0.29) is 0 Å². The van der Waals surface area contributed by atoms with Crippen LogP contribution in [0.3, 0.4) is 0 Å². The van der Waals surface area contributed by atoms with Crippen molar-refractivity contribution in [2.24, 2.45) is 11.8 Å². The first-order chi connectivity index (χ1) is 17.5. The van der Waals surface area contributed by atoms with E-state index in [1.54, 1.807) is 0 Å². The minimum atomic E-state index is 0.820. The maximum absolute atomic E-state index is 2.37. The number of hydrogen-bond donors (Lipinski definition) is 0. The first kappa shape index (κ1) is 30.5. The van der Waals surface area contributed by atoms with E-state index < -0.39 is 0 Å². The molecule has 0 aliphatic heterocycles. The molecule has 2 nitrogen and oxygen atoms in total. The predicted molar refractivity (Wildman–Crippen MR) is 155 cm³/mol. The highest BCUT2D eigenvalue weighted by Gasteiger charge is 2.04. The summed E-state index contributed by atoms with van der Waals surface area (Å²) in [7, 11) is 0. The second kappa shape index (κ2) is 19.4. The predicted octanol–water partition coefficient (Wildman–Crippen LogP) is 8.82. The minimum Gasteiger partial charge on any atom is -0.205 e. The summed E-state index contributed by atoms with van der Waals surface area (Å²) in [6.45, 7) is 11.6. The van der Waals surface area contributed by atoms with Crippen LogP contribution in [0.4, 0.5) is 0 Å². The summed E-state index contributed by atoms with van der Waals surface area (Å²) in [6, 6.07) is 9.30. The summed E-state index contributed by atoms with van der Waals surface area (Å²) < 4.78 is 4.74. The van der Waals surface area contributed by atoms with Gasteiger partial charge in [0.2, 0.25) is 0 Å². The SMILES string of the molecule is CC(C)CCCc1cc[n+](CCCCCCCCCCCC[n+]2ccc(CCCC(C)C)cc2)cc1. The number of nitrogens with zero attached hydrogens (tertiary/aromatic N) is 2. The quantitative estimate of drug-likeness (QED) is 0.121. The number of hydrogen-bond acceptors (Lipinski definition) is 0. The molecule has 202 valence electrons. The van der Waals surface area contributed by atoms with Crippen molar-refractivity contribution in [3.63, 3.8) is 0 Å². The fraction of sp³-hybridized carbons (Fsp3) is 0.706. The van der Waals surface area contributed by atoms with Gasteiger partial charge in [0.05, 0.1) is 0 Å². The van der Waals surface area contributed by atoms with Crippen LogP contribution in [0.2, 0.25) is 0 Å². The van der Waals surface area contributed by atoms with Gasteiger partial charge in [-0.15, -0.1) is 0 Å². The van der Waals surface area contributed by atoms with Crippen molar-refractivity contribution < 1.29 is 9.13 Å². The van der Waals surface area contributed by atoms with Gasteiger partial charge in [0.1, 0.15) is 13.1 Å². The Bertz CT molecular complexity index is 693. The molecule has 0 saturated carbocycles. The van der Waals surface area contributed by atoms with Crippen LogP contribution >= 0.6 is 0 Å². The average molecular weight is 495 g/mol. The van der Waals surface area contributed by atoms with E-state index in [1.165, 1.54) is 127 Å². The molecule has 0 atom stereocenters. The summed E-state index contributed by atoms with van der Waals surface area (Å²) in [5.74, 6) is 1.64. The lowest BCUT2D eigenvalue weighted by molar-refractivity contribution is -0.697. The van der Waals surface area contributed by atoms with Crippen LogP contribution in [0, 0.1) is 11.8 Å². The number of rotatable bonds is 21. The third kappa shape index (κ3) is 15.4. The molecule has 2 aromatic rings. The van der Waals surface area contributed by atoms with E-state index in [2.05, 4.69) is 85.9 Å². The van der Waals surface area contributed by atoms with Gasteiger partial charge in [-0.25, -0.2) is 9.13 Å². The molecule has 36 heavy (non-hydrogen) atoms. The Labute approximate surface area is 224 Å². The zero-order chi connectivity index (χ0) is 25.8. The second-order valence-corrected chi connectivity index (χ2v) is 12.0. The van der Waals surface area contributed by atoms with Gasteiger partial charge in [0.25, 0.3) is 0 Å². The Balaban J connectivity index is 1.38. The minimum absolute atomic E-state index is 0.820. The molecule has 0 fully saturated rings. The summed E-state index contributed by atoms with van der Waals surface area (Å²) >= 11 is 0. The molecule has 2 aromatic heterocycles. The highest BCUT2D eigenvalue weighted by atomic mass is 14.9. The molecule has 2 heteroatoms. The van der Waals surface area contributed by atoms with Gasteiger partial charge in [0, 0.05) is 37.1 Å². The van der Waals surface area contributed by atoms with Crippen molar-refractivity contribution in [2.45, 2.75) is 144 Å². The molecule has 0 bridgehead atoms. The van der Waals surface area contributed by atoms with E-state index >= 15 is 0 Å². The topological polar surface area (TPSA) is 7.76 Å². The normalized spacial score (nSPS) is 11.6. The molecule has 0 radical (unpaired) electrons. The van der Waals surface area contributed by atoms with E-state index in [0.717, 1.165) is 11.8 Å². The van der Waals surface area contributed by atoms with E-state index in [4.69, 9.17) is 0 Å². The van der Waals surface area contributed by atoms with Crippen LogP contribution in [0.25, 0.3) is 0 Å². The Morgan fingerprint density at radius 3 is 1.06 bits per heavy atom. The highest BCUT2D eigenvalue weighted by Crippen LogP contribution is 2.12. The number of aromatic nitrogens is 2. The summed E-state index contributed by atoms with van der Waals surface area (Å²) in [5, 5.41) is 0. The molecule has 0 aliphatic carbocycles. The Morgan fingerprint density at radius 2 is 0.750 bits per heavy atom. The number of pyridine rings is 2. The maximum atomic E-state index is 2.37. The lowest BCUT2D eigenvalue weighted by Gasteiger charge is -2.04. The fourth-order valence-electron chi connectivity index (χ4n) is 5.04. The van der Waals surface area contributed by atoms with Crippen molar-refractivity contribution >= 4 is 0 Å². The van der Waals surface area contributed by atoms with Crippen LogP contribution in [-0.4, -0.2) is 0 Å². The number of unbranched alkanes of at least 4 members (excludes halogenated alkanes) is 9. The van der Waals surface area contributed by atoms with Crippen molar-refractivity contribution in [3.05, 3.63) is 60.2 Å².